The number of nitrogens with one attached hydrogen (secondary N) is 1. The van der Waals surface area contributed by atoms with Crippen molar-refractivity contribution in [3.63, 3.8) is 0 Å². The molecule has 118 valence electrons. The summed E-state index contributed by atoms with van der Waals surface area (Å²) in [5.41, 5.74) is 0. The van der Waals surface area contributed by atoms with Gasteiger partial charge in [-0.2, -0.15) is 5.10 Å². The van der Waals surface area contributed by atoms with E-state index in [0.29, 0.717) is 12.1 Å². The summed E-state index contributed by atoms with van der Waals surface area (Å²) in [6.45, 7) is 8.53. The Bertz CT molecular complexity index is 438. The van der Waals surface area contributed by atoms with Gasteiger partial charge in [0.25, 0.3) is 0 Å². The summed E-state index contributed by atoms with van der Waals surface area (Å²) in [5, 5.41) is 8.09. The van der Waals surface area contributed by atoms with Crippen LogP contribution in [0.25, 0.3) is 0 Å². The van der Waals surface area contributed by atoms with Crippen LogP contribution in [0.15, 0.2) is 6.33 Å². The van der Waals surface area contributed by atoms with Gasteiger partial charge in [-0.1, -0.05) is 19.3 Å². The average Bonchev–Trinajstić information content (AvgIpc) is 2.97. The first kappa shape index (κ1) is 15.0. The van der Waals surface area contributed by atoms with Crippen LogP contribution >= 0.6 is 0 Å². The highest BCUT2D eigenvalue weighted by atomic mass is 15.4. The maximum atomic E-state index is 4.44. The molecule has 0 radical (unpaired) electrons. The zero-order valence-electron chi connectivity index (χ0n) is 13.5. The molecule has 1 aromatic heterocycles. The van der Waals surface area contributed by atoms with Gasteiger partial charge >= 0.3 is 0 Å². The van der Waals surface area contributed by atoms with E-state index in [-0.39, 0.29) is 0 Å². The topological polar surface area (TPSA) is 46.0 Å². The Morgan fingerprint density at radius 3 is 2.86 bits per heavy atom. The Labute approximate surface area is 128 Å². The minimum Gasteiger partial charge on any atom is -0.311 e. The molecular weight excluding hydrogens is 262 g/mol. The van der Waals surface area contributed by atoms with E-state index in [9.17, 15) is 0 Å². The zero-order chi connectivity index (χ0) is 14.7. The van der Waals surface area contributed by atoms with Gasteiger partial charge in [0, 0.05) is 31.7 Å². The van der Waals surface area contributed by atoms with Crippen molar-refractivity contribution < 1.29 is 0 Å². The first-order valence-corrected chi connectivity index (χ1v) is 8.62. The van der Waals surface area contributed by atoms with Crippen LogP contribution in [-0.2, 0) is 13.1 Å². The van der Waals surface area contributed by atoms with Crippen LogP contribution < -0.4 is 5.32 Å². The van der Waals surface area contributed by atoms with Crippen LogP contribution in [0.4, 0.5) is 0 Å². The van der Waals surface area contributed by atoms with Crippen molar-refractivity contribution in [1.82, 2.24) is 25.0 Å². The van der Waals surface area contributed by atoms with E-state index >= 15 is 0 Å². The molecule has 3 rings (SSSR count). The minimum absolute atomic E-state index is 0.576. The largest absolute Gasteiger partial charge is 0.311 e. The number of piperazine rings is 1. The highest BCUT2D eigenvalue weighted by Crippen LogP contribution is 2.28. The lowest BCUT2D eigenvalue weighted by molar-refractivity contribution is 0.0944. The number of nitrogens with zero attached hydrogens (tertiary/aromatic N) is 4. The normalized spacial score (nSPS) is 28.9. The van der Waals surface area contributed by atoms with Crippen molar-refractivity contribution in [3.05, 3.63) is 12.2 Å². The van der Waals surface area contributed by atoms with Gasteiger partial charge in [0.05, 0.1) is 6.54 Å². The summed E-state index contributed by atoms with van der Waals surface area (Å²) in [6, 6.07) is 1.24. The monoisotopic (exact) mass is 291 g/mol. The predicted octanol–water partition coefficient (Wildman–Crippen LogP) is 2.04. The Morgan fingerprint density at radius 1 is 1.29 bits per heavy atom. The fourth-order valence-corrected chi connectivity index (χ4v) is 3.88. The summed E-state index contributed by atoms with van der Waals surface area (Å²) in [5.74, 6) is 1.98. The third-order valence-electron chi connectivity index (χ3n) is 5.29. The molecule has 1 aromatic rings. The maximum absolute atomic E-state index is 4.44. The number of aryl methyl sites for hydroxylation is 1. The van der Waals surface area contributed by atoms with Crippen LogP contribution in [-0.4, -0.2) is 44.8 Å². The van der Waals surface area contributed by atoms with E-state index in [2.05, 4.69) is 34.1 Å². The van der Waals surface area contributed by atoms with Gasteiger partial charge in [-0.15, -0.1) is 0 Å². The Kier molecular flexibility index (Phi) is 4.91. The molecular formula is C16H29N5. The first-order chi connectivity index (χ1) is 10.3. The summed E-state index contributed by atoms with van der Waals surface area (Å²) in [6.07, 6.45) is 8.77. The second-order valence-corrected chi connectivity index (χ2v) is 6.68. The fourth-order valence-electron chi connectivity index (χ4n) is 3.88. The molecule has 2 atom stereocenters. The predicted molar refractivity (Wildman–Crippen MR) is 83.9 cm³/mol. The molecule has 2 unspecified atom stereocenters. The van der Waals surface area contributed by atoms with Gasteiger partial charge in [0.15, 0.2) is 0 Å². The van der Waals surface area contributed by atoms with Crippen LogP contribution in [0.1, 0.15) is 51.8 Å². The molecule has 0 aromatic carbocycles. The second kappa shape index (κ2) is 6.88. The molecule has 21 heavy (non-hydrogen) atoms. The van der Waals surface area contributed by atoms with Crippen molar-refractivity contribution in [2.45, 2.75) is 71.1 Å². The highest BCUT2D eigenvalue weighted by Gasteiger charge is 2.31. The quantitative estimate of drug-likeness (QED) is 0.922. The molecule has 0 bridgehead atoms. The van der Waals surface area contributed by atoms with E-state index in [0.717, 1.165) is 37.9 Å². The van der Waals surface area contributed by atoms with Crippen molar-refractivity contribution in [2.75, 3.05) is 13.1 Å². The lowest BCUT2D eigenvalue weighted by atomic mass is 9.82. The molecule has 5 heteroatoms. The van der Waals surface area contributed by atoms with Crippen molar-refractivity contribution in [3.8, 4) is 0 Å². The number of hydrogen-bond acceptors (Lipinski definition) is 4. The smallest absolute Gasteiger partial charge is 0.141 e. The molecule has 1 saturated heterocycles. The number of hydrogen-bond donors (Lipinski definition) is 1. The van der Waals surface area contributed by atoms with Gasteiger partial charge in [-0.05, 0) is 32.6 Å². The maximum Gasteiger partial charge on any atom is 0.141 e. The standard InChI is InChI=1S/C16H29N5/c1-3-21-16(18-12-19-21)11-20-10-15(17-9-13(20)2)14-7-5-4-6-8-14/h12-15,17H,3-11H2,1-2H3. The van der Waals surface area contributed by atoms with Gasteiger partial charge in [0.2, 0.25) is 0 Å². The lowest BCUT2D eigenvalue weighted by Crippen LogP contribution is -2.57. The van der Waals surface area contributed by atoms with E-state index in [4.69, 9.17) is 0 Å². The molecule has 5 nitrogen and oxygen atoms in total. The average molecular weight is 291 g/mol. The molecule has 2 fully saturated rings. The van der Waals surface area contributed by atoms with Gasteiger partial charge in [0.1, 0.15) is 12.2 Å². The summed E-state index contributed by atoms with van der Waals surface area (Å²) in [7, 11) is 0. The molecule has 2 heterocycles. The molecule has 2 aliphatic rings. The zero-order valence-corrected chi connectivity index (χ0v) is 13.5. The Balaban J connectivity index is 1.63. The van der Waals surface area contributed by atoms with Crippen molar-refractivity contribution in [2.24, 2.45) is 5.92 Å². The Morgan fingerprint density at radius 2 is 2.10 bits per heavy atom. The van der Waals surface area contributed by atoms with Crippen LogP contribution in [0, 0.1) is 5.92 Å². The van der Waals surface area contributed by atoms with Crippen molar-refractivity contribution in [1.29, 1.82) is 0 Å². The van der Waals surface area contributed by atoms with E-state index in [1.807, 2.05) is 4.68 Å². The van der Waals surface area contributed by atoms with Gasteiger partial charge in [-0.25, -0.2) is 9.67 Å². The van der Waals surface area contributed by atoms with Crippen LogP contribution in [0.3, 0.4) is 0 Å². The highest BCUT2D eigenvalue weighted by molar-refractivity contribution is 4.93. The van der Waals surface area contributed by atoms with Crippen LogP contribution in [0.2, 0.25) is 0 Å². The van der Waals surface area contributed by atoms with E-state index in [1.165, 1.54) is 32.1 Å². The molecule has 0 spiro atoms. The van der Waals surface area contributed by atoms with E-state index in [1.54, 1.807) is 6.33 Å². The molecule has 1 aliphatic heterocycles. The molecule has 1 saturated carbocycles. The summed E-state index contributed by atoms with van der Waals surface area (Å²) >= 11 is 0. The van der Waals surface area contributed by atoms with Crippen LogP contribution in [0.5, 0.6) is 0 Å². The molecule has 1 N–H and O–H groups in total. The fraction of sp³-hybridized carbons (Fsp3) is 0.875. The number of rotatable bonds is 4. The molecule has 0 amide bonds. The van der Waals surface area contributed by atoms with Crippen molar-refractivity contribution >= 4 is 0 Å². The summed E-state index contributed by atoms with van der Waals surface area (Å²) in [4.78, 5) is 7.03. The second-order valence-electron chi connectivity index (χ2n) is 6.68. The van der Waals surface area contributed by atoms with E-state index < -0.39 is 0 Å². The Hall–Kier alpha value is -0.940. The summed E-state index contributed by atoms with van der Waals surface area (Å²) < 4.78 is 2.02. The van der Waals surface area contributed by atoms with Gasteiger partial charge in [-0.3, -0.25) is 4.90 Å². The lowest BCUT2D eigenvalue weighted by Gasteiger charge is -2.42. The third kappa shape index (κ3) is 3.46. The first-order valence-electron chi connectivity index (χ1n) is 8.62. The molecule has 1 aliphatic carbocycles. The third-order valence-corrected chi connectivity index (χ3v) is 5.29. The minimum atomic E-state index is 0.576. The number of aromatic nitrogens is 3. The van der Waals surface area contributed by atoms with Gasteiger partial charge < -0.3 is 5.32 Å². The SMILES string of the molecule is CCn1ncnc1CN1CC(C2CCCCC2)NCC1C.